The SMILES string of the molecule is COc1ccc2ccccc2c1CNCc1cn2cc(Br)ccc2n1. The summed E-state index contributed by atoms with van der Waals surface area (Å²) in [5.74, 6) is 0.908. The zero-order chi connectivity index (χ0) is 17.2. The van der Waals surface area contributed by atoms with Crippen LogP contribution < -0.4 is 10.1 Å². The minimum absolute atomic E-state index is 0.700. The molecule has 0 atom stereocenters. The van der Waals surface area contributed by atoms with Gasteiger partial charge in [0.1, 0.15) is 11.4 Å². The third-order valence-corrected chi connectivity index (χ3v) is 4.76. The Labute approximate surface area is 154 Å². The summed E-state index contributed by atoms with van der Waals surface area (Å²) in [7, 11) is 1.72. The lowest BCUT2D eigenvalue weighted by atomic mass is 10.0. The molecule has 126 valence electrons. The molecule has 4 aromatic rings. The van der Waals surface area contributed by atoms with Crippen molar-refractivity contribution in [2.75, 3.05) is 7.11 Å². The van der Waals surface area contributed by atoms with Crippen LogP contribution in [0.15, 0.2) is 65.4 Å². The molecule has 25 heavy (non-hydrogen) atoms. The molecule has 4 nitrogen and oxygen atoms in total. The highest BCUT2D eigenvalue weighted by molar-refractivity contribution is 9.10. The van der Waals surface area contributed by atoms with Crippen molar-refractivity contribution < 1.29 is 4.74 Å². The third kappa shape index (κ3) is 3.25. The Hall–Kier alpha value is -2.37. The van der Waals surface area contributed by atoms with Crippen LogP contribution >= 0.6 is 15.9 Å². The van der Waals surface area contributed by atoms with Gasteiger partial charge < -0.3 is 14.5 Å². The molecule has 0 saturated carbocycles. The van der Waals surface area contributed by atoms with Gasteiger partial charge in [-0.05, 0) is 44.9 Å². The van der Waals surface area contributed by atoms with Gasteiger partial charge in [-0.2, -0.15) is 0 Å². The molecule has 0 amide bonds. The lowest BCUT2D eigenvalue weighted by Gasteiger charge is -2.12. The molecular formula is C20H18BrN3O. The monoisotopic (exact) mass is 395 g/mol. The number of rotatable bonds is 5. The van der Waals surface area contributed by atoms with E-state index in [2.05, 4.69) is 56.6 Å². The van der Waals surface area contributed by atoms with Crippen molar-refractivity contribution in [2.45, 2.75) is 13.1 Å². The maximum Gasteiger partial charge on any atom is 0.137 e. The Morgan fingerprint density at radius 1 is 1.04 bits per heavy atom. The maximum absolute atomic E-state index is 5.55. The fourth-order valence-corrected chi connectivity index (χ4v) is 3.46. The fraction of sp³-hybridized carbons (Fsp3) is 0.150. The first-order valence-electron chi connectivity index (χ1n) is 8.13. The van der Waals surface area contributed by atoms with Crippen molar-refractivity contribution >= 4 is 32.3 Å². The van der Waals surface area contributed by atoms with E-state index in [0.717, 1.165) is 28.1 Å². The Bertz CT molecular complexity index is 1040. The normalized spacial score (nSPS) is 11.3. The summed E-state index contributed by atoms with van der Waals surface area (Å²) in [4.78, 5) is 4.64. The van der Waals surface area contributed by atoms with Crippen LogP contribution in [0.5, 0.6) is 5.75 Å². The molecule has 0 aliphatic carbocycles. The van der Waals surface area contributed by atoms with Gasteiger partial charge in [-0.3, -0.25) is 0 Å². The minimum Gasteiger partial charge on any atom is -0.496 e. The van der Waals surface area contributed by atoms with E-state index in [0.29, 0.717) is 6.54 Å². The number of hydrogen-bond acceptors (Lipinski definition) is 3. The van der Waals surface area contributed by atoms with Gasteiger partial charge >= 0.3 is 0 Å². The summed E-state index contributed by atoms with van der Waals surface area (Å²) >= 11 is 3.49. The Morgan fingerprint density at radius 3 is 2.80 bits per heavy atom. The van der Waals surface area contributed by atoms with Gasteiger partial charge in [0.2, 0.25) is 0 Å². The van der Waals surface area contributed by atoms with Gasteiger partial charge in [-0.1, -0.05) is 30.3 Å². The summed E-state index contributed by atoms with van der Waals surface area (Å²) < 4.78 is 8.62. The zero-order valence-corrected chi connectivity index (χ0v) is 15.5. The first-order chi connectivity index (χ1) is 12.2. The van der Waals surface area contributed by atoms with Crippen molar-refractivity contribution in [3.8, 4) is 5.75 Å². The van der Waals surface area contributed by atoms with Crippen LogP contribution in [0.1, 0.15) is 11.3 Å². The number of nitrogens with one attached hydrogen (secondary N) is 1. The number of imidazole rings is 1. The predicted octanol–water partition coefficient (Wildman–Crippen LogP) is 4.55. The quantitative estimate of drug-likeness (QED) is 0.538. The highest BCUT2D eigenvalue weighted by atomic mass is 79.9. The molecule has 0 aliphatic rings. The largest absolute Gasteiger partial charge is 0.496 e. The molecule has 0 saturated heterocycles. The summed E-state index contributed by atoms with van der Waals surface area (Å²) in [6.45, 7) is 1.42. The highest BCUT2D eigenvalue weighted by Gasteiger charge is 2.08. The van der Waals surface area contributed by atoms with Crippen molar-refractivity contribution in [1.29, 1.82) is 0 Å². The van der Waals surface area contributed by atoms with E-state index in [4.69, 9.17) is 4.74 Å². The second-order valence-corrected chi connectivity index (χ2v) is 6.83. The third-order valence-electron chi connectivity index (χ3n) is 4.29. The van der Waals surface area contributed by atoms with Gasteiger partial charge in [0.25, 0.3) is 0 Å². The standard InChI is InChI=1S/C20H18BrN3O/c1-25-19-8-6-14-4-2-3-5-17(14)18(19)11-22-10-16-13-24-12-15(21)7-9-20(24)23-16/h2-9,12-13,22H,10-11H2,1H3. The number of benzene rings is 2. The molecule has 0 radical (unpaired) electrons. The Kier molecular flexibility index (Phi) is 4.42. The van der Waals surface area contributed by atoms with Crippen LogP contribution in [0.4, 0.5) is 0 Å². The van der Waals surface area contributed by atoms with Crippen LogP contribution in [-0.2, 0) is 13.1 Å². The lowest BCUT2D eigenvalue weighted by Crippen LogP contribution is -2.14. The molecule has 5 heteroatoms. The van der Waals surface area contributed by atoms with E-state index in [1.54, 1.807) is 7.11 Å². The molecule has 0 fully saturated rings. The van der Waals surface area contributed by atoms with Crippen LogP contribution in [0.25, 0.3) is 16.4 Å². The summed E-state index contributed by atoms with van der Waals surface area (Å²) in [6.07, 6.45) is 4.06. The topological polar surface area (TPSA) is 38.6 Å². The van der Waals surface area contributed by atoms with E-state index in [-0.39, 0.29) is 0 Å². The number of nitrogens with zero attached hydrogens (tertiary/aromatic N) is 2. The summed E-state index contributed by atoms with van der Waals surface area (Å²) in [5, 5.41) is 5.93. The molecule has 0 aliphatic heterocycles. The second-order valence-electron chi connectivity index (χ2n) is 5.92. The molecule has 0 bridgehead atoms. The first-order valence-corrected chi connectivity index (χ1v) is 8.92. The molecule has 4 rings (SSSR count). The number of hydrogen-bond donors (Lipinski definition) is 1. The molecule has 2 aromatic heterocycles. The first kappa shape index (κ1) is 16.1. The smallest absolute Gasteiger partial charge is 0.137 e. The van der Waals surface area contributed by atoms with Crippen LogP contribution in [-0.4, -0.2) is 16.5 Å². The molecule has 2 heterocycles. The van der Waals surface area contributed by atoms with Crippen molar-refractivity contribution in [3.63, 3.8) is 0 Å². The number of ether oxygens (including phenoxy) is 1. The van der Waals surface area contributed by atoms with E-state index >= 15 is 0 Å². The van der Waals surface area contributed by atoms with E-state index in [9.17, 15) is 0 Å². The van der Waals surface area contributed by atoms with Gasteiger partial charge in [-0.25, -0.2) is 4.98 Å². The number of methoxy groups -OCH3 is 1. The molecule has 2 aromatic carbocycles. The summed E-state index contributed by atoms with van der Waals surface area (Å²) in [5.41, 5.74) is 3.13. The Morgan fingerprint density at radius 2 is 1.92 bits per heavy atom. The maximum atomic E-state index is 5.55. The van der Waals surface area contributed by atoms with Crippen molar-refractivity contribution in [2.24, 2.45) is 0 Å². The fourth-order valence-electron chi connectivity index (χ4n) is 3.11. The van der Waals surface area contributed by atoms with E-state index < -0.39 is 0 Å². The van der Waals surface area contributed by atoms with E-state index in [1.165, 1.54) is 16.3 Å². The lowest BCUT2D eigenvalue weighted by molar-refractivity contribution is 0.408. The average Bonchev–Trinajstić information content (AvgIpc) is 3.03. The number of halogens is 1. The number of aromatic nitrogens is 2. The number of fused-ring (bicyclic) bond motifs is 2. The van der Waals surface area contributed by atoms with E-state index in [1.807, 2.05) is 35.0 Å². The molecule has 0 unspecified atom stereocenters. The number of pyridine rings is 1. The predicted molar refractivity (Wildman–Crippen MR) is 104 cm³/mol. The van der Waals surface area contributed by atoms with Gasteiger partial charge in [0.15, 0.2) is 0 Å². The van der Waals surface area contributed by atoms with Crippen molar-refractivity contribution in [1.82, 2.24) is 14.7 Å². The van der Waals surface area contributed by atoms with Crippen LogP contribution in [0, 0.1) is 0 Å². The average molecular weight is 396 g/mol. The zero-order valence-electron chi connectivity index (χ0n) is 13.9. The summed E-state index contributed by atoms with van der Waals surface area (Å²) in [6, 6.07) is 16.5. The van der Waals surface area contributed by atoms with Gasteiger partial charge in [0.05, 0.1) is 12.8 Å². The van der Waals surface area contributed by atoms with Gasteiger partial charge in [-0.15, -0.1) is 0 Å². The molecule has 0 spiro atoms. The highest BCUT2D eigenvalue weighted by Crippen LogP contribution is 2.27. The van der Waals surface area contributed by atoms with Crippen LogP contribution in [0.2, 0.25) is 0 Å². The Balaban J connectivity index is 1.55. The van der Waals surface area contributed by atoms with Gasteiger partial charge in [0, 0.05) is 35.5 Å². The van der Waals surface area contributed by atoms with Crippen LogP contribution in [0.3, 0.4) is 0 Å². The second kappa shape index (κ2) is 6.86. The molecular weight excluding hydrogens is 378 g/mol. The van der Waals surface area contributed by atoms with Crippen molar-refractivity contribution in [3.05, 3.63) is 76.7 Å². The molecule has 1 N–H and O–H groups in total. The minimum atomic E-state index is 0.700.